The van der Waals surface area contributed by atoms with E-state index in [0.717, 1.165) is 13.0 Å². The molecule has 1 amide bonds. The molecule has 120 valence electrons. The van der Waals surface area contributed by atoms with Gasteiger partial charge in [-0.05, 0) is 32.1 Å². The Balaban J connectivity index is 0.00000400. The Morgan fingerprint density at radius 1 is 1.33 bits per heavy atom. The highest BCUT2D eigenvalue weighted by atomic mass is 35.5. The van der Waals surface area contributed by atoms with Crippen molar-refractivity contribution in [1.82, 2.24) is 5.32 Å². The van der Waals surface area contributed by atoms with E-state index >= 15 is 0 Å². The van der Waals surface area contributed by atoms with Gasteiger partial charge in [0.2, 0.25) is 5.91 Å². The van der Waals surface area contributed by atoms with Crippen molar-refractivity contribution < 1.29 is 18.7 Å². The van der Waals surface area contributed by atoms with Crippen LogP contribution < -0.4 is 15.4 Å². The number of nitrogens with one attached hydrogen (secondary N) is 2. The second kappa shape index (κ2) is 11.3. The Kier molecular flexibility index (Phi) is 10.6. The molecule has 2 N–H and O–H groups in total. The van der Waals surface area contributed by atoms with Gasteiger partial charge in [0.05, 0.1) is 6.61 Å². The van der Waals surface area contributed by atoms with Crippen LogP contribution in [-0.4, -0.2) is 39.8 Å². The number of hydrogen-bond acceptors (Lipinski definition) is 4. The van der Waals surface area contributed by atoms with Gasteiger partial charge in [0.1, 0.15) is 6.61 Å². The first-order valence-corrected chi connectivity index (χ1v) is 6.53. The van der Waals surface area contributed by atoms with Gasteiger partial charge in [-0.15, -0.1) is 12.4 Å². The molecule has 21 heavy (non-hydrogen) atoms. The predicted molar refractivity (Wildman–Crippen MR) is 82.8 cm³/mol. The van der Waals surface area contributed by atoms with Gasteiger partial charge in [-0.3, -0.25) is 4.79 Å². The third kappa shape index (κ3) is 7.84. The van der Waals surface area contributed by atoms with Gasteiger partial charge in [0.25, 0.3) is 0 Å². The van der Waals surface area contributed by atoms with Crippen LogP contribution in [0.1, 0.15) is 12.8 Å². The number of ether oxygens (including phenoxy) is 2. The van der Waals surface area contributed by atoms with Crippen molar-refractivity contribution in [2.45, 2.75) is 12.8 Å². The smallest absolute Gasteiger partial charge is 0.224 e. The highest BCUT2D eigenvalue weighted by Crippen LogP contribution is 2.21. The summed E-state index contributed by atoms with van der Waals surface area (Å²) in [5.74, 6) is -0.489. The van der Waals surface area contributed by atoms with Crippen LogP contribution in [-0.2, 0) is 9.53 Å². The maximum absolute atomic E-state index is 13.7. The fourth-order valence-electron chi connectivity index (χ4n) is 1.58. The molecule has 0 spiro atoms. The Labute approximate surface area is 130 Å². The number of anilines is 1. The molecule has 0 heterocycles. The third-order valence-corrected chi connectivity index (χ3v) is 2.59. The Bertz CT molecular complexity index is 433. The molecule has 0 unspecified atom stereocenters. The first-order valence-electron chi connectivity index (χ1n) is 6.53. The molecular weight excluding hydrogens is 299 g/mol. The molecule has 0 saturated carbocycles. The van der Waals surface area contributed by atoms with Crippen molar-refractivity contribution in [2.75, 3.05) is 39.2 Å². The van der Waals surface area contributed by atoms with Gasteiger partial charge >= 0.3 is 0 Å². The minimum atomic E-state index is -0.505. The zero-order valence-electron chi connectivity index (χ0n) is 12.3. The summed E-state index contributed by atoms with van der Waals surface area (Å²) >= 11 is 0. The third-order valence-electron chi connectivity index (χ3n) is 2.59. The molecule has 0 aliphatic carbocycles. The van der Waals surface area contributed by atoms with Crippen molar-refractivity contribution in [2.24, 2.45) is 0 Å². The van der Waals surface area contributed by atoms with E-state index < -0.39 is 5.82 Å². The highest BCUT2D eigenvalue weighted by molar-refractivity contribution is 5.90. The van der Waals surface area contributed by atoms with Crippen molar-refractivity contribution in [1.29, 1.82) is 0 Å². The van der Waals surface area contributed by atoms with E-state index in [1.807, 2.05) is 7.05 Å². The van der Waals surface area contributed by atoms with Crippen LogP contribution >= 0.6 is 12.4 Å². The molecule has 0 bridgehead atoms. The first kappa shape index (κ1) is 19.6. The SMILES string of the molecule is CNCCCC(=O)Nc1ccc(OCCOC)c(F)c1.Cl. The molecule has 5 nitrogen and oxygen atoms in total. The summed E-state index contributed by atoms with van der Waals surface area (Å²) < 4.78 is 23.7. The molecule has 1 rings (SSSR count). The number of carbonyl (C=O) groups is 1. The largest absolute Gasteiger partial charge is 0.488 e. The molecule has 0 fully saturated rings. The summed E-state index contributed by atoms with van der Waals surface area (Å²) in [5.41, 5.74) is 0.427. The second-order valence-electron chi connectivity index (χ2n) is 4.24. The Morgan fingerprint density at radius 3 is 2.71 bits per heavy atom. The number of benzene rings is 1. The van der Waals surface area contributed by atoms with Crippen molar-refractivity contribution in [3.05, 3.63) is 24.0 Å². The molecular formula is C14H22ClFN2O3. The van der Waals surface area contributed by atoms with Gasteiger partial charge in [-0.2, -0.15) is 0 Å². The maximum Gasteiger partial charge on any atom is 0.224 e. The van der Waals surface area contributed by atoms with E-state index in [1.54, 1.807) is 13.2 Å². The Hall–Kier alpha value is -1.37. The second-order valence-corrected chi connectivity index (χ2v) is 4.24. The lowest BCUT2D eigenvalue weighted by Gasteiger charge is -2.09. The molecule has 1 aromatic rings. The summed E-state index contributed by atoms with van der Waals surface area (Å²) in [5, 5.41) is 5.61. The molecule has 0 saturated heterocycles. The van der Waals surface area contributed by atoms with Crippen LogP contribution in [0.3, 0.4) is 0 Å². The van der Waals surface area contributed by atoms with E-state index in [-0.39, 0.29) is 30.7 Å². The Morgan fingerprint density at radius 2 is 2.10 bits per heavy atom. The van der Waals surface area contributed by atoms with Crippen LogP contribution in [0.4, 0.5) is 10.1 Å². The summed E-state index contributed by atoms with van der Waals surface area (Å²) in [4.78, 5) is 11.6. The minimum absolute atomic E-state index is 0. The lowest BCUT2D eigenvalue weighted by molar-refractivity contribution is -0.116. The zero-order valence-corrected chi connectivity index (χ0v) is 13.1. The van der Waals surface area contributed by atoms with Crippen LogP contribution in [0.15, 0.2) is 18.2 Å². The van der Waals surface area contributed by atoms with Gasteiger partial charge in [-0.1, -0.05) is 0 Å². The number of halogens is 2. The fraction of sp³-hybridized carbons (Fsp3) is 0.500. The average molecular weight is 321 g/mol. The van der Waals surface area contributed by atoms with Crippen LogP contribution in [0.5, 0.6) is 5.75 Å². The zero-order chi connectivity index (χ0) is 14.8. The summed E-state index contributed by atoms with van der Waals surface area (Å²) in [6, 6.07) is 4.35. The van der Waals surface area contributed by atoms with Crippen molar-refractivity contribution >= 4 is 24.0 Å². The van der Waals surface area contributed by atoms with Crippen LogP contribution in [0.25, 0.3) is 0 Å². The number of hydrogen-bond donors (Lipinski definition) is 2. The lowest BCUT2D eigenvalue weighted by atomic mass is 10.2. The summed E-state index contributed by atoms with van der Waals surface area (Å²) in [7, 11) is 3.38. The van der Waals surface area contributed by atoms with E-state index in [2.05, 4.69) is 10.6 Å². The number of methoxy groups -OCH3 is 1. The molecule has 0 aliphatic rings. The fourth-order valence-corrected chi connectivity index (χ4v) is 1.58. The van der Waals surface area contributed by atoms with E-state index in [0.29, 0.717) is 18.7 Å². The van der Waals surface area contributed by atoms with E-state index in [9.17, 15) is 9.18 Å². The molecule has 0 atom stereocenters. The van der Waals surface area contributed by atoms with Crippen molar-refractivity contribution in [3.8, 4) is 5.75 Å². The molecule has 0 aromatic heterocycles. The molecule has 0 radical (unpaired) electrons. The van der Waals surface area contributed by atoms with E-state index in [1.165, 1.54) is 12.1 Å². The average Bonchev–Trinajstić information content (AvgIpc) is 2.42. The number of rotatable bonds is 9. The lowest BCUT2D eigenvalue weighted by Crippen LogP contribution is -2.15. The predicted octanol–water partition coefficient (Wildman–Crippen LogP) is 2.21. The molecule has 7 heteroatoms. The van der Waals surface area contributed by atoms with Gasteiger partial charge < -0.3 is 20.1 Å². The van der Waals surface area contributed by atoms with Gasteiger partial charge in [0.15, 0.2) is 11.6 Å². The van der Waals surface area contributed by atoms with Crippen molar-refractivity contribution in [3.63, 3.8) is 0 Å². The van der Waals surface area contributed by atoms with E-state index in [4.69, 9.17) is 9.47 Å². The standard InChI is InChI=1S/C14H21FN2O3.ClH/c1-16-7-3-4-14(18)17-11-5-6-13(12(15)10-11)20-9-8-19-2;/h5-6,10,16H,3-4,7-9H2,1-2H3,(H,17,18);1H. The highest BCUT2D eigenvalue weighted by Gasteiger charge is 2.07. The quantitative estimate of drug-likeness (QED) is 0.685. The van der Waals surface area contributed by atoms with Gasteiger partial charge in [0, 0.05) is 25.3 Å². The molecule has 1 aromatic carbocycles. The topological polar surface area (TPSA) is 59.6 Å². The maximum atomic E-state index is 13.7. The number of amides is 1. The normalized spacial score (nSPS) is 9.86. The first-order chi connectivity index (χ1) is 9.67. The summed E-state index contributed by atoms with van der Waals surface area (Å²) in [6.45, 7) is 1.45. The molecule has 0 aliphatic heterocycles. The minimum Gasteiger partial charge on any atom is -0.488 e. The van der Waals surface area contributed by atoms with Crippen LogP contribution in [0, 0.1) is 5.82 Å². The van der Waals surface area contributed by atoms with Crippen LogP contribution in [0.2, 0.25) is 0 Å². The number of carbonyl (C=O) groups excluding carboxylic acids is 1. The summed E-state index contributed by atoms with van der Waals surface area (Å²) in [6.07, 6.45) is 1.14. The monoisotopic (exact) mass is 320 g/mol. The van der Waals surface area contributed by atoms with Gasteiger partial charge in [-0.25, -0.2) is 4.39 Å².